The third-order valence-corrected chi connectivity index (χ3v) is 7.84. The first-order valence-corrected chi connectivity index (χ1v) is 12.3. The van der Waals surface area contributed by atoms with Crippen LogP contribution in [0.15, 0.2) is 60.7 Å². The van der Waals surface area contributed by atoms with Crippen molar-refractivity contribution in [2.24, 2.45) is 0 Å². The Morgan fingerprint density at radius 1 is 0.652 bits per heavy atom. The molecule has 0 atom stereocenters. The molecule has 2 nitrogen and oxygen atoms in total. The van der Waals surface area contributed by atoms with Crippen molar-refractivity contribution in [2.45, 2.75) is 24.9 Å². The maximum atomic E-state index is 6.49. The number of halogens is 2. The quantitative estimate of drug-likeness (QED) is 0.297. The monoisotopic (exact) mass is 368 g/mol. The zero-order valence-corrected chi connectivity index (χ0v) is 15.6. The summed E-state index contributed by atoms with van der Waals surface area (Å²) in [5.74, 6) is 1.78. The summed E-state index contributed by atoms with van der Waals surface area (Å²) in [6, 6.07) is 21.3. The molecular formula is C18H22Cl2O2Si. The van der Waals surface area contributed by atoms with Crippen molar-refractivity contribution in [1.29, 1.82) is 0 Å². The van der Waals surface area contributed by atoms with Crippen molar-refractivity contribution in [2.75, 3.05) is 13.2 Å². The number of hydrogen-bond donors (Lipinski definition) is 0. The molecule has 0 saturated heterocycles. The lowest BCUT2D eigenvalue weighted by atomic mass is 10.3. The van der Waals surface area contributed by atoms with Crippen molar-refractivity contribution in [3.63, 3.8) is 0 Å². The molecule has 0 aliphatic carbocycles. The molecule has 0 heterocycles. The first-order valence-electron chi connectivity index (χ1n) is 7.89. The van der Waals surface area contributed by atoms with Crippen molar-refractivity contribution in [3.05, 3.63) is 60.7 Å². The number of benzene rings is 2. The van der Waals surface area contributed by atoms with E-state index >= 15 is 0 Å². The molecule has 124 valence electrons. The highest BCUT2D eigenvalue weighted by molar-refractivity contribution is 7.45. The van der Waals surface area contributed by atoms with Crippen molar-refractivity contribution >= 4 is 28.9 Å². The van der Waals surface area contributed by atoms with E-state index in [0.717, 1.165) is 36.4 Å². The number of para-hydroxylation sites is 2. The third-order valence-electron chi connectivity index (χ3n) is 3.40. The Morgan fingerprint density at radius 2 is 1.04 bits per heavy atom. The average molecular weight is 369 g/mol. The molecule has 0 spiro atoms. The predicted molar refractivity (Wildman–Crippen MR) is 100 cm³/mol. The van der Waals surface area contributed by atoms with E-state index in [9.17, 15) is 0 Å². The van der Waals surface area contributed by atoms with Crippen LogP contribution in [-0.2, 0) is 0 Å². The Hall–Kier alpha value is -1.16. The minimum Gasteiger partial charge on any atom is -0.494 e. The summed E-state index contributed by atoms with van der Waals surface area (Å²) >= 11 is 13.0. The summed E-state index contributed by atoms with van der Waals surface area (Å²) in [7, 11) is 0. The fourth-order valence-corrected chi connectivity index (χ4v) is 5.38. The van der Waals surface area contributed by atoms with E-state index in [2.05, 4.69) is 0 Å². The van der Waals surface area contributed by atoms with Gasteiger partial charge in [-0.2, -0.15) is 0 Å². The van der Waals surface area contributed by atoms with Gasteiger partial charge in [0.15, 0.2) is 0 Å². The van der Waals surface area contributed by atoms with E-state index in [1.165, 1.54) is 0 Å². The predicted octanol–water partition coefficient (Wildman–Crippen LogP) is 5.84. The maximum Gasteiger partial charge on any atom is 0.251 e. The van der Waals surface area contributed by atoms with E-state index in [1.54, 1.807) is 0 Å². The summed E-state index contributed by atoms with van der Waals surface area (Å²) in [6.07, 6.45) is 1.77. The Kier molecular flexibility index (Phi) is 7.79. The molecule has 5 heteroatoms. The van der Waals surface area contributed by atoms with Crippen LogP contribution in [0.2, 0.25) is 12.1 Å². The maximum absolute atomic E-state index is 6.49. The Balaban J connectivity index is 1.57. The highest BCUT2D eigenvalue weighted by Gasteiger charge is 2.27. The molecule has 0 fully saturated rings. The van der Waals surface area contributed by atoms with E-state index in [4.69, 9.17) is 31.6 Å². The van der Waals surface area contributed by atoms with Crippen LogP contribution in [0.5, 0.6) is 11.5 Å². The average Bonchev–Trinajstić information content (AvgIpc) is 2.58. The van der Waals surface area contributed by atoms with Gasteiger partial charge >= 0.3 is 0 Å². The van der Waals surface area contributed by atoms with Gasteiger partial charge in [-0.25, -0.2) is 0 Å². The van der Waals surface area contributed by atoms with Gasteiger partial charge in [0.1, 0.15) is 11.5 Å². The molecule has 0 aliphatic heterocycles. The highest BCUT2D eigenvalue weighted by atomic mass is 35.7. The largest absolute Gasteiger partial charge is 0.494 e. The molecule has 2 rings (SSSR count). The molecule has 2 aromatic carbocycles. The second kappa shape index (κ2) is 9.86. The van der Waals surface area contributed by atoms with Gasteiger partial charge in [-0.3, -0.25) is 0 Å². The topological polar surface area (TPSA) is 18.5 Å². The Labute approximate surface area is 148 Å². The van der Waals surface area contributed by atoms with Crippen LogP contribution >= 0.6 is 22.2 Å². The molecule has 0 saturated carbocycles. The summed E-state index contributed by atoms with van der Waals surface area (Å²) in [4.78, 5) is 0. The highest BCUT2D eigenvalue weighted by Crippen LogP contribution is 2.28. The van der Waals surface area contributed by atoms with Crippen LogP contribution in [0.4, 0.5) is 0 Å². The molecule has 0 unspecified atom stereocenters. The minimum absolute atomic E-state index is 0.652. The molecule has 0 aliphatic rings. The molecule has 0 bridgehead atoms. The van der Waals surface area contributed by atoms with Crippen LogP contribution < -0.4 is 9.47 Å². The van der Waals surface area contributed by atoms with Gasteiger partial charge in [-0.15, -0.1) is 22.2 Å². The molecule has 0 amide bonds. The first kappa shape index (κ1) is 18.2. The second-order valence-corrected chi connectivity index (χ2v) is 13.0. The number of rotatable bonds is 10. The van der Waals surface area contributed by atoms with Crippen LogP contribution in [0.25, 0.3) is 0 Å². The normalized spacial score (nSPS) is 11.2. The molecule has 2 aromatic rings. The third kappa shape index (κ3) is 7.78. The number of ether oxygens (including phenoxy) is 2. The van der Waals surface area contributed by atoms with Gasteiger partial charge in [0.25, 0.3) is 6.69 Å². The van der Waals surface area contributed by atoms with Crippen LogP contribution in [0.3, 0.4) is 0 Å². The van der Waals surface area contributed by atoms with E-state index in [-0.39, 0.29) is 0 Å². The Bertz CT molecular complexity index is 500. The molecule has 0 N–H and O–H groups in total. The zero-order valence-electron chi connectivity index (χ0n) is 13.1. The van der Waals surface area contributed by atoms with Gasteiger partial charge < -0.3 is 9.47 Å². The molecule has 23 heavy (non-hydrogen) atoms. The number of hydrogen-bond acceptors (Lipinski definition) is 2. The summed E-state index contributed by atoms with van der Waals surface area (Å²) in [5, 5.41) is 0. The SMILES string of the molecule is Cl[Si](Cl)(CCCOc1ccccc1)CCCOc1ccccc1. The van der Waals surface area contributed by atoms with Crippen LogP contribution in [0.1, 0.15) is 12.8 Å². The molecular weight excluding hydrogens is 347 g/mol. The fraction of sp³-hybridized carbons (Fsp3) is 0.333. The lowest BCUT2D eigenvalue weighted by Gasteiger charge is -2.17. The summed E-state index contributed by atoms with van der Waals surface area (Å²) in [5.41, 5.74) is 0. The fourth-order valence-electron chi connectivity index (χ4n) is 2.20. The van der Waals surface area contributed by atoms with E-state index < -0.39 is 6.69 Å². The first-order chi connectivity index (χ1) is 11.2. The summed E-state index contributed by atoms with van der Waals surface area (Å²) in [6.45, 7) is -0.892. The zero-order chi connectivity index (χ0) is 16.4. The smallest absolute Gasteiger partial charge is 0.251 e. The van der Waals surface area contributed by atoms with Gasteiger partial charge in [-0.1, -0.05) is 36.4 Å². The van der Waals surface area contributed by atoms with E-state index in [1.807, 2.05) is 60.7 Å². The van der Waals surface area contributed by atoms with Gasteiger partial charge in [0.05, 0.1) is 13.2 Å². The van der Waals surface area contributed by atoms with Crippen molar-refractivity contribution in [3.8, 4) is 11.5 Å². The lowest BCUT2D eigenvalue weighted by Crippen LogP contribution is -2.20. The molecule has 0 aromatic heterocycles. The van der Waals surface area contributed by atoms with E-state index in [0.29, 0.717) is 13.2 Å². The lowest BCUT2D eigenvalue weighted by molar-refractivity contribution is 0.314. The molecule has 0 radical (unpaired) electrons. The second-order valence-electron chi connectivity index (χ2n) is 5.39. The minimum atomic E-state index is -2.20. The Morgan fingerprint density at radius 3 is 1.43 bits per heavy atom. The summed E-state index contributed by atoms with van der Waals surface area (Å²) < 4.78 is 11.3. The van der Waals surface area contributed by atoms with Gasteiger partial charge in [-0.05, 0) is 49.2 Å². The van der Waals surface area contributed by atoms with Gasteiger partial charge in [0.2, 0.25) is 0 Å². The van der Waals surface area contributed by atoms with Crippen LogP contribution in [-0.4, -0.2) is 19.9 Å². The van der Waals surface area contributed by atoms with Crippen molar-refractivity contribution < 1.29 is 9.47 Å². The van der Waals surface area contributed by atoms with Crippen LogP contribution in [0, 0.1) is 0 Å². The standard InChI is InChI=1S/C18H22Cl2O2Si/c19-23(20,15-7-13-21-17-9-3-1-4-10-17)16-8-14-22-18-11-5-2-6-12-18/h1-6,9-12H,7-8,13-16H2. The van der Waals surface area contributed by atoms with Crippen molar-refractivity contribution in [1.82, 2.24) is 0 Å². The van der Waals surface area contributed by atoms with Gasteiger partial charge in [0, 0.05) is 0 Å².